The number of aromatic nitrogens is 2. The normalized spacial score (nSPS) is 23.5. The maximum absolute atomic E-state index is 13.4. The second-order valence-corrected chi connectivity index (χ2v) is 9.99. The van der Waals surface area contributed by atoms with Crippen LogP contribution in [0.25, 0.3) is 5.65 Å². The number of carbonyl (C=O) groups is 1. The summed E-state index contributed by atoms with van der Waals surface area (Å²) in [4.78, 5) is 16.8. The van der Waals surface area contributed by atoms with Crippen LogP contribution in [0.1, 0.15) is 16.8 Å². The van der Waals surface area contributed by atoms with Gasteiger partial charge in [-0.25, -0.2) is 13.4 Å². The van der Waals surface area contributed by atoms with E-state index in [0.29, 0.717) is 25.3 Å². The van der Waals surface area contributed by atoms with Crippen molar-refractivity contribution in [2.75, 3.05) is 32.8 Å². The van der Waals surface area contributed by atoms with Gasteiger partial charge in [0.25, 0.3) is 15.9 Å². The van der Waals surface area contributed by atoms with E-state index in [-0.39, 0.29) is 29.5 Å². The molecule has 0 spiro atoms. The standard InChI is InChI=1S/C23H25N5O4S/c29-23(18-5-7-22-25-10-11-27(22)16-18)26-14-17-2-1-3-19(6-4-17)33(30,31)28-12-13-32-21-8-9-24-15-20(21)28/h1-2,4-7,10-11,16,20-21,24H,8-9,12-15H2,(H,26,29). The Balaban J connectivity index is 1.25. The van der Waals surface area contributed by atoms with Crippen molar-refractivity contribution in [1.82, 2.24) is 24.3 Å². The molecule has 0 radical (unpaired) electrons. The van der Waals surface area contributed by atoms with Gasteiger partial charge in [0, 0.05) is 38.2 Å². The van der Waals surface area contributed by atoms with Crippen molar-refractivity contribution in [3.8, 4) is 0 Å². The third-order valence-electron chi connectivity index (χ3n) is 6.06. The number of ether oxygens (including phenoxy) is 1. The Hall–Kier alpha value is -3.01. The monoisotopic (exact) mass is 467 g/mol. The van der Waals surface area contributed by atoms with Crippen LogP contribution in [0.4, 0.5) is 0 Å². The van der Waals surface area contributed by atoms with Gasteiger partial charge in [0.05, 0.1) is 24.3 Å². The lowest BCUT2D eigenvalue weighted by Gasteiger charge is -2.42. The number of sulfonamides is 1. The summed E-state index contributed by atoms with van der Waals surface area (Å²) in [6.45, 7) is 2.37. The van der Waals surface area contributed by atoms with Crippen LogP contribution < -0.4 is 10.6 Å². The highest BCUT2D eigenvalue weighted by atomic mass is 32.2. The Morgan fingerprint density at radius 1 is 1.33 bits per heavy atom. The fraction of sp³-hybridized carbons (Fsp3) is 0.348. The zero-order chi connectivity index (χ0) is 22.8. The summed E-state index contributed by atoms with van der Waals surface area (Å²) in [5.74, 6) is -0.224. The number of amides is 1. The maximum atomic E-state index is 13.4. The lowest BCUT2D eigenvalue weighted by molar-refractivity contribution is -0.0526. The first-order valence-electron chi connectivity index (χ1n) is 10.9. The molecule has 172 valence electrons. The van der Waals surface area contributed by atoms with Crippen LogP contribution in [0.2, 0.25) is 0 Å². The number of piperidine rings is 1. The summed E-state index contributed by atoms with van der Waals surface area (Å²) in [6, 6.07) is 3.28. The molecule has 0 bridgehead atoms. The SMILES string of the molecule is O=C(NCC1=CC=C=C(S(=O)(=O)N2CCOC3CCNCC32)C=C1)c1ccc2nccn2c1. The average molecular weight is 468 g/mol. The van der Waals surface area contributed by atoms with Crippen molar-refractivity contribution < 1.29 is 17.9 Å². The molecule has 3 aliphatic rings. The minimum Gasteiger partial charge on any atom is -0.375 e. The largest absolute Gasteiger partial charge is 0.375 e. The molecule has 0 saturated carbocycles. The van der Waals surface area contributed by atoms with Gasteiger partial charge in [0.2, 0.25) is 0 Å². The van der Waals surface area contributed by atoms with Crippen molar-refractivity contribution in [1.29, 1.82) is 0 Å². The maximum Gasteiger partial charge on any atom is 0.253 e. The molecule has 9 nitrogen and oxygen atoms in total. The summed E-state index contributed by atoms with van der Waals surface area (Å²) in [5.41, 5.74) is 4.94. The molecule has 2 N–H and O–H groups in total. The second kappa shape index (κ2) is 9.09. The number of pyridine rings is 1. The number of hydrogen-bond acceptors (Lipinski definition) is 6. The van der Waals surface area contributed by atoms with Crippen molar-refractivity contribution in [3.05, 3.63) is 76.8 Å². The van der Waals surface area contributed by atoms with Crippen molar-refractivity contribution >= 4 is 21.6 Å². The first kappa shape index (κ1) is 21.8. The minimum absolute atomic E-state index is 0.0837. The predicted molar refractivity (Wildman–Crippen MR) is 123 cm³/mol. The number of fused-ring (bicyclic) bond motifs is 2. The number of carbonyl (C=O) groups excluding carboxylic acids is 1. The molecule has 2 atom stereocenters. The van der Waals surface area contributed by atoms with E-state index < -0.39 is 10.0 Å². The molecular weight excluding hydrogens is 442 g/mol. The second-order valence-electron chi connectivity index (χ2n) is 8.13. The van der Waals surface area contributed by atoms with Gasteiger partial charge in [-0.15, -0.1) is 0 Å². The summed E-state index contributed by atoms with van der Waals surface area (Å²) in [7, 11) is -3.72. The lowest BCUT2D eigenvalue weighted by atomic mass is 10.0. The molecule has 33 heavy (non-hydrogen) atoms. The van der Waals surface area contributed by atoms with Crippen LogP contribution in [-0.2, 0) is 14.8 Å². The number of nitrogens with one attached hydrogen (secondary N) is 2. The van der Waals surface area contributed by atoms with Gasteiger partial charge in [0.15, 0.2) is 0 Å². The molecule has 1 aliphatic carbocycles. The Morgan fingerprint density at radius 3 is 3.15 bits per heavy atom. The highest BCUT2D eigenvalue weighted by Crippen LogP contribution is 2.26. The first-order chi connectivity index (χ1) is 16.0. The smallest absolute Gasteiger partial charge is 0.253 e. The quantitative estimate of drug-likeness (QED) is 0.636. The van der Waals surface area contributed by atoms with E-state index in [4.69, 9.17) is 4.74 Å². The number of hydrogen-bond donors (Lipinski definition) is 2. The molecule has 2 unspecified atom stereocenters. The molecule has 2 aromatic rings. The van der Waals surface area contributed by atoms with Crippen LogP contribution in [0.3, 0.4) is 0 Å². The summed E-state index contributed by atoms with van der Waals surface area (Å²) in [5, 5.41) is 6.13. The van der Waals surface area contributed by atoms with Gasteiger partial charge in [-0.05, 0) is 48.9 Å². The molecule has 1 amide bonds. The summed E-state index contributed by atoms with van der Waals surface area (Å²) < 4.78 is 35.8. The minimum atomic E-state index is -3.72. The van der Waals surface area contributed by atoms with Crippen molar-refractivity contribution in [2.24, 2.45) is 0 Å². The van der Waals surface area contributed by atoms with E-state index in [1.807, 2.05) is 0 Å². The van der Waals surface area contributed by atoms with Crippen LogP contribution >= 0.6 is 0 Å². The van der Waals surface area contributed by atoms with Crippen LogP contribution in [0, 0.1) is 0 Å². The van der Waals surface area contributed by atoms with Crippen LogP contribution in [0.5, 0.6) is 0 Å². The Bertz CT molecular complexity index is 1300. The third-order valence-corrected chi connectivity index (χ3v) is 7.94. The van der Waals surface area contributed by atoms with Gasteiger partial charge < -0.3 is 19.8 Å². The first-order valence-corrected chi connectivity index (χ1v) is 12.4. The van der Waals surface area contributed by atoms with Gasteiger partial charge in [-0.2, -0.15) is 4.31 Å². The molecule has 2 aliphatic heterocycles. The molecule has 0 aromatic carbocycles. The number of nitrogens with zero attached hydrogens (tertiary/aromatic N) is 3. The fourth-order valence-electron chi connectivity index (χ4n) is 4.32. The zero-order valence-electron chi connectivity index (χ0n) is 18.0. The summed E-state index contributed by atoms with van der Waals surface area (Å²) in [6.07, 6.45) is 12.5. The highest BCUT2D eigenvalue weighted by molar-refractivity contribution is 7.93. The predicted octanol–water partition coefficient (Wildman–Crippen LogP) is 0.992. The number of allylic oxidation sites excluding steroid dienone is 2. The lowest BCUT2D eigenvalue weighted by Crippen LogP contribution is -2.60. The Kier molecular flexibility index (Phi) is 6.01. The third kappa shape index (κ3) is 4.44. The zero-order valence-corrected chi connectivity index (χ0v) is 18.8. The van der Waals surface area contributed by atoms with Gasteiger partial charge in [0.1, 0.15) is 10.6 Å². The van der Waals surface area contributed by atoms with Crippen molar-refractivity contribution in [2.45, 2.75) is 18.6 Å². The number of morpholine rings is 1. The molecule has 5 rings (SSSR count). The van der Waals surface area contributed by atoms with Gasteiger partial charge >= 0.3 is 0 Å². The Labute approximate surface area is 192 Å². The molecule has 4 heterocycles. The number of imidazole rings is 1. The highest BCUT2D eigenvalue weighted by Gasteiger charge is 2.41. The molecule has 2 saturated heterocycles. The van der Waals surface area contributed by atoms with E-state index in [0.717, 1.165) is 24.2 Å². The molecular formula is C23H25N5O4S. The molecule has 2 aromatic heterocycles. The summed E-state index contributed by atoms with van der Waals surface area (Å²) >= 11 is 0. The van der Waals surface area contributed by atoms with Crippen molar-refractivity contribution in [3.63, 3.8) is 0 Å². The van der Waals surface area contributed by atoms with Gasteiger partial charge in [-0.3, -0.25) is 4.79 Å². The van der Waals surface area contributed by atoms with Crippen LogP contribution in [0.15, 0.2) is 71.2 Å². The van der Waals surface area contributed by atoms with E-state index in [9.17, 15) is 13.2 Å². The number of rotatable bonds is 5. The molecule has 10 heteroatoms. The average Bonchev–Trinajstić information content (AvgIpc) is 3.17. The topological polar surface area (TPSA) is 105 Å². The fourth-order valence-corrected chi connectivity index (χ4v) is 5.91. The Morgan fingerprint density at radius 2 is 2.24 bits per heavy atom. The van der Waals surface area contributed by atoms with E-state index in [1.165, 1.54) is 4.31 Å². The van der Waals surface area contributed by atoms with E-state index in [1.54, 1.807) is 59.4 Å². The van der Waals surface area contributed by atoms with E-state index in [2.05, 4.69) is 21.3 Å². The van der Waals surface area contributed by atoms with Gasteiger partial charge in [-0.1, -0.05) is 11.8 Å². The van der Waals surface area contributed by atoms with E-state index >= 15 is 0 Å². The van der Waals surface area contributed by atoms with Crippen LogP contribution in [-0.4, -0.2) is 72.9 Å². The molecule has 2 fully saturated rings.